The van der Waals surface area contributed by atoms with Gasteiger partial charge in [-0.1, -0.05) is 73.7 Å². The summed E-state index contributed by atoms with van der Waals surface area (Å²) in [5.41, 5.74) is 4.70. The van der Waals surface area contributed by atoms with E-state index in [2.05, 4.69) is 31.2 Å². The van der Waals surface area contributed by atoms with E-state index in [0.717, 1.165) is 28.9 Å². The van der Waals surface area contributed by atoms with Crippen LogP contribution >= 0.6 is 0 Å². The minimum atomic E-state index is -0.354. The van der Waals surface area contributed by atoms with Crippen LogP contribution in [0.5, 0.6) is 5.75 Å². The summed E-state index contributed by atoms with van der Waals surface area (Å²) in [6.45, 7) is 2.51. The quantitative estimate of drug-likeness (QED) is 0.611. The van der Waals surface area contributed by atoms with E-state index in [0.29, 0.717) is 12.1 Å². The number of carbonyl (C=O) groups excluding carboxylic acids is 1. The highest BCUT2D eigenvalue weighted by Crippen LogP contribution is 2.43. The van der Waals surface area contributed by atoms with Crippen LogP contribution in [0.3, 0.4) is 0 Å². The Balaban J connectivity index is 1.76. The molecular formula is C26H25NO3. The molecule has 3 aromatic rings. The number of amides is 1. The number of aliphatic hydroxyl groups excluding tert-OH is 1. The first-order chi connectivity index (χ1) is 14.6. The third-order valence-corrected chi connectivity index (χ3v) is 5.60. The van der Waals surface area contributed by atoms with Crippen LogP contribution < -0.4 is 4.74 Å². The molecule has 0 fully saturated rings. The first kappa shape index (κ1) is 19.8. The Labute approximate surface area is 177 Å². The first-order valence-corrected chi connectivity index (χ1v) is 10.1. The van der Waals surface area contributed by atoms with Crippen molar-refractivity contribution in [2.24, 2.45) is 0 Å². The molecule has 4 nitrogen and oxygen atoms in total. The van der Waals surface area contributed by atoms with E-state index in [4.69, 9.17) is 4.74 Å². The maximum Gasteiger partial charge on any atom is 0.290 e. The minimum absolute atomic E-state index is 0.181. The molecule has 0 saturated carbocycles. The molecule has 0 aliphatic carbocycles. The fourth-order valence-electron chi connectivity index (χ4n) is 3.94. The Morgan fingerprint density at radius 3 is 2.13 bits per heavy atom. The predicted molar refractivity (Wildman–Crippen MR) is 118 cm³/mol. The third-order valence-electron chi connectivity index (χ3n) is 5.60. The molecule has 0 radical (unpaired) electrons. The monoisotopic (exact) mass is 399 g/mol. The predicted octanol–water partition coefficient (Wildman–Crippen LogP) is 5.31. The first-order valence-electron chi connectivity index (χ1n) is 10.1. The van der Waals surface area contributed by atoms with Crippen LogP contribution in [-0.2, 0) is 17.8 Å². The van der Waals surface area contributed by atoms with Crippen LogP contribution in [0.2, 0.25) is 0 Å². The molecule has 4 rings (SSSR count). The summed E-state index contributed by atoms with van der Waals surface area (Å²) in [5, 5.41) is 10.8. The van der Waals surface area contributed by atoms with Crippen LogP contribution in [0, 0.1) is 0 Å². The van der Waals surface area contributed by atoms with Gasteiger partial charge in [-0.2, -0.15) is 0 Å². The van der Waals surface area contributed by atoms with Crippen molar-refractivity contribution >= 4 is 11.5 Å². The molecule has 4 heteroatoms. The maximum atomic E-state index is 13.1. The fraction of sp³-hybridized carbons (Fsp3) is 0.192. The lowest BCUT2D eigenvalue weighted by atomic mass is 9.92. The number of hydrogen-bond acceptors (Lipinski definition) is 3. The Bertz CT molecular complexity index is 1050. The van der Waals surface area contributed by atoms with E-state index in [1.165, 1.54) is 5.56 Å². The summed E-state index contributed by atoms with van der Waals surface area (Å²) in [4.78, 5) is 14.9. The van der Waals surface area contributed by atoms with Gasteiger partial charge >= 0.3 is 0 Å². The Morgan fingerprint density at radius 1 is 0.900 bits per heavy atom. The van der Waals surface area contributed by atoms with Crippen LogP contribution in [-0.4, -0.2) is 23.0 Å². The van der Waals surface area contributed by atoms with Crippen molar-refractivity contribution in [3.63, 3.8) is 0 Å². The van der Waals surface area contributed by atoms with E-state index in [1.807, 2.05) is 54.6 Å². The Hall–Kier alpha value is -3.53. The molecule has 1 N–H and O–H groups in total. The molecule has 1 amide bonds. The number of methoxy groups -OCH3 is 1. The lowest BCUT2D eigenvalue weighted by Gasteiger charge is -2.27. The molecule has 1 aliphatic heterocycles. The zero-order valence-corrected chi connectivity index (χ0v) is 17.2. The van der Waals surface area contributed by atoms with Crippen molar-refractivity contribution in [3.8, 4) is 5.75 Å². The van der Waals surface area contributed by atoms with Crippen LogP contribution in [0.15, 0.2) is 84.6 Å². The van der Waals surface area contributed by atoms with Crippen LogP contribution in [0.25, 0.3) is 5.57 Å². The van der Waals surface area contributed by atoms with Gasteiger partial charge < -0.3 is 14.7 Å². The lowest BCUT2D eigenvalue weighted by Crippen LogP contribution is -2.29. The highest BCUT2D eigenvalue weighted by Gasteiger charge is 2.40. The molecule has 1 aliphatic rings. The molecule has 1 unspecified atom stereocenters. The normalized spacial score (nSPS) is 16.3. The summed E-state index contributed by atoms with van der Waals surface area (Å²) in [6, 6.07) is 25.2. The minimum Gasteiger partial charge on any atom is -0.503 e. The SMILES string of the molecule is CCc1ccc(C2C(c3ccccc3)=C(O)C(=O)N2Cc2ccc(OC)cc2)cc1. The van der Waals surface area contributed by atoms with Gasteiger partial charge in [0.25, 0.3) is 5.91 Å². The number of benzene rings is 3. The fourth-order valence-corrected chi connectivity index (χ4v) is 3.94. The molecule has 0 aromatic heterocycles. The van der Waals surface area contributed by atoms with Crippen molar-refractivity contribution in [2.75, 3.05) is 7.11 Å². The van der Waals surface area contributed by atoms with E-state index < -0.39 is 0 Å². The second kappa shape index (κ2) is 8.46. The molecule has 1 heterocycles. The van der Waals surface area contributed by atoms with Crippen LogP contribution in [0.4, 0.5) is 0 Å². The van der Waals surface area contributed by atoms with E-state index in [1.54, 1.807) is 12.0 Å². The van der Waals surface area contributed by atoms with Crippen molar-refractivity contribution in [1.29, 1.82) is 0 Å². The largest absolute Gasteiger partial charge is 0.503 e. The van der Waals surface area contributed by atoms with Crippen molar-refractivity contribution in [2.45, 2.75) is 25.9 Å². The second-order valence-electron chi connectivity index (χ2n) is 7.41. The molecule has 0 bridgehead atoms. The average Bonchev–Trinajstić information content (AvgIpc) is 3.05. The number of nitrogens with zero attached hydrogens (tertiary/aromatic N) is 1. The molecule has 152 valence electrons. The molecule has 1 atom stereocenters. The zero-order chi connectivity index (χ0) is 21.1. The number of aliphatic hydroxyl groups is 1. The van der Waals surface area contributed by atoms with Gasteiger partial charge in [-0.05, 0) is 40.8 Å². The number of hydrogen-bond donors (Lipinski definition) is 1. The van der Waals surface area contributed by atoms with Crippen molar-refractivity contribution in [3.05, 3.63) is 107 Å². The summed E-state index contributed by atoms with van der Waals surface area (Å²) >= 11 is 0. The maximum absolute atomic E-state index is 13.1. The summed E-state index contributed by atoms with van der Waals surface area (Å²) < 4.78 is 5.24. The smallest absolute Gasteiger partial charge is 0.290 e. The molecule has 3 aromatic carbocycles. The number of ether oxygens (including phenoxy) is 1. The van der Waals surface area contributed by atoms with Gasteiger partial charge in [-0.3, -0.25) is 4.79 Å². The van der Waals surface area contributed by atoms with E-state index >= 15 is 0 Å². The number of carbonyl (C=O) groups is 1. The topological polar surface area (TPSA) is 49.8 Å². The summed E-state index contributed by atoms with van der Waals surface area (Å²) in [5.74, 6) is 0.234. The Morgan fingerprint density at radius 2 is 1.53 bits per heavy atom. The molecule has 0 spiro atoms. The van der Waals surface area contributed by atoms with Gasteiger partial charge in [0.2, 0.25) is 0 Å². The van der Waals surface area contributed by atoms with Gasteiger partial charge in [0.05, 0.1) is 13.2 Å². The average molecular weight is 399 g/mol. The van der Waals surface area contributed by atoms with Gasteiger partial charge in [-0.25, -0.2) is 0 Å². The lowest BCUT2D eigenvalue weighted by molar-refractivity contribution is -0.130. The third kappa shape index (κ3) is 3.69. The molecular weight excluding hydrogens is 374 g/mol. The summed E-state index contributed by atoms with van der Waals surface area (Å²) in [6.07, 6.45) is 0.950. The number of aryl methyl sites for hydroxylation is 1. The van der Waals surface area contributed by atoms with Gasteiger partial charge in [0, 0.05) is 12.1 Å². The zero-order valence-electron chi connectivity index (χ0n) is 17.2. The van der Waals surface area contributed by atoms with Crippen LogP contribution in [0.1, 0.15) is 35.2 Å². The highest BCUT2D eigenvalue weighted by molar-refractivity contribution is 6.05. The van der Waals surface area contributed by atoms with E-state index in [-0.39, 0.29) is 17.7 Å². The molecule has 0 saturated heterocycles. The second-order valence-corrected chi connectivity index (χ2v) is 7.41. The summed E-state index contributed by atoms with van der Waals surface area (Å²) in [7, 11) is 1.63. The molecule has 30 heavy (non-hydrogen) atoms. The van der Waals surface area contributed by atoms with Gasteiger partial charge in [0.15, 0.2) is 5.76 Å². The van der Waals surface area contributed by atoms with Crippen molar-refractivity contribution in [1.82, 2.24) is 4.90 Å². The highest BCUT2D eigenvalue weighted by atomic mass is 16.5. The van der Waals surface area contributed by atoms with Gasteiger partial charge in [0.1, 0.15) is 5.75 Å². The van der Waals surface area contributed by atoms with E-state index in [9.17, 15) is 9.90 Å². The standard InChI is InChI=1S/C26H25NO3/c1-3-18-9-13-21(14-10-18)24-23(20-7-5-4-6-8-20)25(28)26(29)27(24)17-19-11-15-22(30-2)16-12-19/h4-16,24,28H,3,17H2,1-2H3. The van der Waals surface area contributed by atoms with Gasteiger partial charge in [-0.15, -0.1) is 0 Å². The number of rotatable bonds is 6. The van der Waals surface area contributed by atoms with Crippen molar-refractivity contribution < 1.29 is 14.6 Å². The Kier molecular flexibility index (Phi) is 5.57.